The fourth-order valence-corrected chi connectivity index (χ4v) is 2.65. The van der Waals surface area contributed by atoms with Gasteiger partial charge in [-0.25, -0.2) is 9.97 Å². The molecule has 6 heteroatoms. The Morgan fingerprint density at radius 3 is 3.11 bits per heavy atom. The highest BCUT2D eigenvalue weighted by Crippen LogP contribution is 2.28. The molecule has 0 spiro atoms. The van der Waals surface area contributed by atoms with Gasteiger partial charge in [0.1, 0.15) is 12.1 Å². The molecule has 0 aliphatic carbocycles. The molecular weight excluding hydrogens is 230 g/mol. The fraction of sp³-hybridized carbons (Fsp3) is 0.583. The van der Waals surface area contributed by atoms with E-state index in [2.05, 4.69) is 20.0 Å². The van der Waals surface area contributed by atoms with Crippen LogP contribution in [0.5, 0.6) is 0 Å². The number of fused-ring (bicyclic) bond motifs is 1. The predicted octanol–water partition coefficient (Wildman–Crippen LogP) is 0.715. The summed E-state index contributed by atoms with van der Waals surface area (Å²) in [5.41, 5.74) is 0.835. The largest absolute Gasteiger partial charge is 0.394 e. The Morgan fingerprint density at radius 1 is 1.39 bits per heavy atom. The zero-order valence-electron chi connectivity index (χ0n) is 10.5. The zero-order chi connectivity index (χ0) is 12.5. The van der Waals surface area contributed by atoms with E-state index in [9.17, 15) is 5.11 Å². The van der Waals surface area contributed by atoms with Crippen molar-refractivity contribution in [2.75, 3.05) is 18.1 Å². The van der Waals surface area contributed by atoms with Crippen LogP contribution in [0.3, 0.4) is 0 Å². The molecule has 1 saturated heterocycles. The van der Waals surface area contributed by atoms with E-state index in [-0.39, 0.29) is 12.6 Å². The molecule has 1 fully saturated rings. The van der Waals surface area contributed by atoms with Crippen molar-refractivity contribution in [3.8, 4) is 0 Å². The third-order valence-electron chi connectivity index (χ3n) is 3.62. The molecule has 3 heterocycles. The van der Waals surface area contributed by atoms with Crippen molar-refractivity contribution in [1.29, 1.82) is 0 Å². The predicted molar refractivity (Wildman–Crippen MR) is 68.4 cm³/mol. The number of hydrogen-bond donors (Lipinski definition) is 1. The molecule has 1 N–H and O–H groups in total. The van der Waals surface area contributed by atoms with Gasteiger partial charge < -0.3 is 10.0 Å². The van der Waals surface area contributed by atoms with E-state index in [0.717, 1.165) is 36.2 Å². The van der Waals surface area contributed by atoms with Crippen LogP contribution < -0.4 is 4.90 Å². The van der Waals surface area contributed by atoms with Crippen LogP contribution in [0, 0.1) is 0 Å². The Balaban J connectivity index is 2.07. The van der Waals surface area contributed by atoms with E-state index in [4.69, 9.17) is 0 Å². The number of hydrogen-bond acceptors (Lipinski definition) is 5. The first-order chi connectivity index (χ1) is 8.81. The first-order valence-corrected chi connectivity index (χ1v) is 6.31. The van der Waals surface area contributed by atoms with Gasteiger partial charge in [-0.15, -0.1) is 0 Å². The van der Waals surface area contributed by atoms with Crippen molar-refractivity contribution >= 4 is 16.9 Å². The van der Waals surface area contributed by atoms with E-state index >= 15 is 0 Å². The highest BCUT2D eigenvalue weighted by molar-refractivity contribution is 5.86. The molecule has 1 aliphatic heterocycles. The third-order valence-corrected chi connectivity index (χ3v) is 3.62. The maximum absolute atomic E-state index is 9.49. The average molecular weight is 247 g/mol. The summed E-state index contributed by atoms with van der Waals surface area (Å²) in [6.45, 7) is 1.11. The van der Waals surface area contributed by atoms with Crippen LogP contribution in [0.25, 0.3) is 11.0 Å². The van der Waals surface area contributed by atoms with Gasteiger partial charge in [0.25, 0.3) is 0 Å². The Kier molecular flexibility index (Phi) is 2.87. The number of anilines is 1. The van der Waals surface area contributed by atoms with Gasteiger partial charge in [-0.2, -0.15) is 5.10 Å². The second-order valence-corrected chi connectivity index (χ2v) is 4.73. The van der Waals surface area contributed by atoms with Gasteiger partial charge in [-0.3, -0.25) is 4.68 Å². The summed E-state index contributed by atoms with van der Waals surface area (Å²) < 4.78 is 1.75. The number of rotatable bonds is 2. The maximum Gasteiger partial charge on any atom is 0.163 e. The molecule has 0 radical (unpaired) electrons. The van der Waals surface area contributed by atoms with E-state index < -0.39 is 0 Å². The number of aryl methyl sites for hydroxylation is 1. The van der Waals surface area contributed by atoms with Gasteiger partial charge in [0.2, 0.25) is 0 Å². The molecule has 3 rings (SSSR count). The van der Waals surface area contributed by atoms with E-state index in [0.29, 0.717) is 0 Å². The summed E-state index contributed by atoms with van der Waals surface area (Å²) in [4.78, 5) is 10.8. The zero-order valence-corrected chi connectivity index (χ0v) is 10.5. The molecule has 18 heavy (non-hydrogen) atoms. The molecular formula is C12H17N5O. The number of aliphatic hydroxyl groups is 1. The fourth-order valence-electron chi connectivity index (χ4n) is 2.65. The summed E-state index contributed by atoms with van der Waals surface area (Å²) in [6, 6.07) is 0.164. The van der Waals surface area contributed by atoms with Crippen LogP contribution in [0.4, 0.5) is 5.82 Å². The Labute approximate surface area is 105 Å². The molecule has 0 bridgehead atoms. The summed E-state index contributed by atoms with van der Waals surface area (Å²) in [6.07, 6.45) is 6.70. The maximum atomic E-state index is 9.49. The second kappa shape index (κ2) is 4.53. The van der Waals surface area contributed by atoms with Crippen molar-refractivity contribution in [1.82, 2.24) is 19.7 Å². The van der Waals surface area contributed by atoms with Crippen molar-refractivity contribution < 1.29 is 5.11 Å². The molecule has 6 nitrogen and oxygen atoms in total. The van der Waals surface area contributed by atoms with Crippen LogP contribution in [-0.4, -0.2) is 44.0 Å². The van der Waals surface area contributed by atoms with Crippen LogP contribution in [0.1, 0.15) is 19.3 Å². The van der Waals surface area contributed by atoms with Crippen molar-refractivity contribution in [2.24, 2.45) is 7.05 Å². The minimum Gasteiger partial charge on any atom is -0.394 e. The van der Waals surface area contributed by atoms with Crippen LogP contribution >= 0.6 is 0 Å². The average Bonchev–Trinajstić information content (AvgIpc) is 2.81. The van der Waals surface area contributed by atoms with Gasteiger partial charge in [-0.1, -0.05) is 0 Å². The van der Waals surface area contributed by atoms with Crippen LogP contribution in [-0.2, 0) is 7.05 Å². The number of aromatic nitrogens is 4. The lowest BCUT2D eigenvalue weighted by molar-refractivity contribution is 0.239. The summed E-state index contributed by atoms with van der Waals surface area (Å²) >= 11 is 0. The standard InChI is InChI=1S/C12H17N5O/c1-16-11-10(6-15-16)12(14-8-13-11)17-5-3-2-4-9(17)7-18/h6,8-9,18H,2-5,7H2,1H3/t9-/m0/s1. The lowest BCUT2D eigenvalue weighted by Crippen LogP contribution is -2.42. The molecule has 96 valence electrons. The molecule has 2 aromatic heterocycles. The molecule has 0 aromatic carbocycles. The van der Waals surface area contributed by atoms with Gasteiger partial charge in [0.15, 0.2) is 5.65 Å². The van der Waals surface area contributed by atoms with E-state index in [1.54, 1.807) is 17.2 Å². The summed E-state index contributed by atoms with van der Waals surface area (Å²) in [5.74, 6) is 0.895. The van der Waals surface area contributed by atoms with Crippen LogP contribution in [0.2, 0.25) is 0 Å². The van der Waals surface area contributed by atoms with E-state index in [1.165, 1.54) is 6.42 Å². The summed E-state index contributed by atoms with van der Waals surface area (Å²) in [5, 5.41) is 14.7. The Morgan fingerprint density at radius 2 is 2.28 bits per heavy atom. The Bertz CT molecular complexity index is 552. The monoisotopic (exact) mass is 247 g/mol. The highest BCUT2D eigenvalue weighted by atomic mass is 16.3. The molecule has 0 amide bonds. The molecule has 0 unspecified atom stereocenters. The lowest BCUT2D eigenvalue weighted by atomic mass is 10.0. The lowest BCUT2D eigenvalue weighted by Gasteiger charge is -2.35. The van der Waals surface area contributed by atoms with Gasteiger partial charge in [-0.05, 0) is 19.3 Å². The number of aliphatic hydroxyl groups excluding tert-OH is 1. The van der Waals surface area contributed by atoms with Crippen LogP contribution in [0.15, 0.2) is 12.5 Å². The molecule has 2 aromatic rings. The van der Waals surface area contributed by atoms with E-state index in [1.807, 2.05) is 7.05 Å². The number of piperidine rings is 1. The minimum atomic E-state index is 0.164. The first kappa shape index (κ1) is 11.4. The normalized spacial score (nSPS) is 20.6. The highest BCUT2D eigenvalue weighted by Gasteiger charge is 2.25. The molecule has 1 atom stereocenters. The van der Waals surface area contributed by atoms with Gasteiger partial charge in [0.05, 0.1) is 24.2 Å². The second-order valence-electron chi connectivity index (χ2n) is 4.73. The first-order valence-electron chi connectivity index (χ1n) is 6.31. The Hall–Kier alpha value is -1.69. The smallest absolute Gasteiger partial charge is 0.163 e. The van der Waals surface area contributed by atoms with Crippen molar-refractivity contribution in [3.05, 3.63) is 12.5 Å². The molecule has 1 aliphatic rings. The topological polar surface area (TPSA) is 67.1 Å². The quantitative estimate of drug-likeness (QED) is 0.846. The van der Waals surface area contributed by atoms with Crippen molar-refractivity contribution in [3.63, 3.8) is 0 Å². The van der Waals surface area contributed by atoms with Gasteiger partial charge >= 0.3 is 0 Å². The molecule has 0 saturated carbocycles. The summed E-state index contributed by atoms with van der Waals surface area (Å²) in [7, 11) is 1.87. The third kappa shape index (κ3) is 1.73. The SMILES string of the molecule is Cn1ncc2c(N3CCCC[C@H]3CO)ncnc21. The van der Waals surface area contributed by atoms with Gasteiger partial charge in [0, 0.05) is 13.6 Å². The van der Waals surface area contributed by atoms with Crippen molar-refractivity contribution in [2.45, 2.75) is 25.3 Å². The number of nitrogens with zero attached hydrogens (tertiary/aromatic N) is 5. The minimum absolute atomic E-state index is 0.164.